The van der Waals surface area contributed by atoms with Gasteiger partial charge in [0.15, 0.2) is 0 Å². The number of benzene rings is 1. The van der Waals surface area contributed by atoms with E-state index in [4.69, 9.17) is 9.47 Å². The number of carbonyl (C=O) groups is 1. The van der Waals surface area contributed by atoms with Crippen LogP contribution in [0.1, 0.15) is 18.4 Å². The molecule has 0 aromatic heterocycles. The van der Waals surface area contributed by atoms with E-state index in [1.165, 1.54) is 12.1 Å². The number of amides is 1. The van der Waals surface area contributed by atoms with E-state index in [-0.39, 0.29) is 18.3 Å². The summed E-state index contributed by atoms with van der Waals surface area (Å²) in [7, 11) is 1.61. The number of methoxy groups -OCH3 is 1. The van der Waals surface area contributed by atoms with Gasteiger partial charge in [0.1, 0.15) is 5.82 Å². The molecule has 0 spiro atoms. The standard InChI is InChI=1S/C16H23FN2O3/c1-21-10-7-18-12-15(20)19-16(5-8-22-9-6-16)13-3-2-4-14(17)11-13/h2-4,11,18H,5-10,12H2,1H3,(H,19,20). The number of halogens is 1. The van der Waals surface area contributed by atoms with E-state index >= 15 is 0 Å². The summed E-state index contributed by atoms with van der Waals surface area (Å²) in [4.78, 5) is 12.2. The highest BCUT2D eigenvalue weighted by Crippen LogP contribution is 2.32. The summed E-state index contributed by atoms with van der Waals surface area (Å²) in [6.07, 6.45) is 1.28. The van der Waals surface area contributed by atoms with Gasteiger partial charge >= 0.3 is 0 Å². The lowest BCUT2D eigenvalue weighted by atomic mass is 9.82. The fourth-order valence-electron chi connectivity index (χ4n) is 2.68. The average molecular weight is 310 g/mol. The van der Waals surface area contributed by atoms with Crippen molar-refractivity contribution in [2.24, 2.45) is 0 Å². The fourth-order valence-corrected chi connectivity index (χ4v) is 2.68. The van der Waals surface area contributed by atoms with Crippen LogP contribution in [0.25, 0.3) is 0 Å². The number of ether oxygens (including phenoxy) is 2. The molecule has 1 saturated heterocycles. The zero-order chi connectivity index (χ0) is 15.8. The smallest absolute Gasteiger partial charge is 0.234 e. The highest BCUT2D eigenvalue weighted by atomic mass is 19.1. The second kappa shape index (κ2) is 8.22. The van der Waals surface area contributed by atoms with Crippen molar-refractivity contribution in [3.8, 4) is 0 Å². The Hall–Kier alpha value is -1.50. The van der Waals surface area contributed by atoms with Gasteiger partial charge in [0.05, 0.1) is 18.7 Å². The SMILES string of the molecule is COCCNCC(=O)NC1(c2cccc(F)c2)CCOCC1. The first-order valence-electron chi connectivity index (χ1n) is 7.51. The van der Waals surface area contributed by atoms with Gasteiger partial charge in [0, 0.05) is 26.9 Å². The van der Waals surface area contributed by atoms with Crippen molar-refractivity contribution in [2.75, 3.05) is 40.0 Å². The molecular weight excluding hydrogens is 287 g/mol. The van der Waals surface area contributed by atoms with Gasteiger partial charge in [0.25, 0.3) is 0 Å². The summed E-state index contributed by atoms with van der Waals surface area (Å²) in [5, 5.41) is 6.08. The van der Waals surface area contributed by atoms with Crippen molar-refractivity contribution >= 4 is 5.91 Å². The number of hydrogen-bond donors (Lipinski definition) is 2. The molecule has 1 aromatic carbocycles. The molecule has 1 aliphatic heterocycles. The van der Waals surface area contributed by atoms with Crippen LogP contribution in [-0.2, 0) is 19.8 Å². The zero-order valence-corrected chi connectivity index (χ0v) is 12.9. The molecule has 6 heteroatoms. The summed E-state index contributed by atoms with van der Waals surface area (Å²) in [6.45, 7) is 2.47. The molecule has 122 valence electrons. The molecule has 1 amide bonds. The van der Waals surface area contributed by atoms with E-state index in [9.17, 15) is 9.18 Å². The van der Waals surface area contributed by atoms with Gasteiger partial charge in [-0.15, -0.1) is 0 Å². The monoisotopic (exact) mass is 310 g/mol. The Labute approximate surface area is 130 Å². The maximum Gasteiger partial charge on any atom is 0.234 e. The lowest BCUT2D eigenvalue weighted by Gasteiger charge is -2.38. The first-order chi connectivity index (χ1) is 10.7. The molecule has 0 saturated carbocycles. The highest BCUT2D eigenvalue weighted by molar-refractivity contribution is 5.79. The van der Waals surface area contributed by atoms with Gasteiger partial charge in [-0.2, -0.15) is 0 Å². The second-order valence-corrected chi connectivity index (χ2v) is 5.42. The summed E-state index contributed by atoms with van der Waals surface area (Å²) < 4.78 is 23.9. The summed E-state index contributed by atoms with van der Waals surface area (Å²) in [6, 6.07) is 6.42. The Morgan fingerprint density at radius 1 is 1.41 bits per heavy atom. The van der Waals surface area contributed by atoms with Crippen molar-refractivity contribution in [1.82, 2.24) is 10.6 Å². The molecule has 0 radical (unpaired) electrons. The average Bonchev–Trinajstić information content (AvgIpc) is 2.52. The van der Waals surface area contributed by atoms with Crippen molar-refractivity contribution in [1.29, 1.82) is 0 Å². The molecule has 22 heavy (non-hydrogen) atoms. The van der Waals surface area contributed by atoms with Gasteiger partial charge in [0.2, 0.25) is 5.91 Å². The van der Waals surface area contributed by atoms with Crippen molar-refractivity contribution < 1.29 is 18.7 Å². The fraction of sp³-hybridized carbons (Fsp3) is 0.562. The second-order valence-electron chi connectivity index (χ2n) is 5.42. The van der Waals surface area contributed by atoms with Crippen LogP contribution in [0.3, 0.4) is 0 Å². The van der Waals surface area contributed by atoms with Gasteiger partial charge < -0.3 is 20.1 Å². The van der Waals surface area contributed by atoms with E-state index in [2.05, 4.69) is 10.6 Å². The van der Waals surface area contributed by atoms with E-state index < -0.39 is 5.54 Å². The third-order valence-electron chi connectivity index (χ3n) is 3.87. The molecule has 5 nitrogen and oxygen atoms in total. The molecule has 0 aliphatic carbocycles. The topological polar surface area (TPSA) is 59.6 Å². The maximum absolute atomic E-state index is 13.5. The Morgan fingerprint density at radius 3 is 2.86 bits per heavy atom. The number of carbonyl (C=O) groups excluding carboxylic acids is 1. The molecule has 1 aromatic rings. The quantitative estimate of drug-likeness (QED) is 0.743. The van der Waals surface area contributed by atoms with Crippen molar-refractivity contribution in [2.45, 2.75) is 18.4 Å². The van der Waals surface area contributed by atoms with Crippen LogP contribution in [0.5, 0.6) is 0 Å². The first-order valence-corrected chi connectivity index (χ1v) is 7.51. The molecular formula is C16H23FN2O3. The summed E-state index contributed by atoms with van der Waals surface area (Å²) in [5.74, 6) is -0.405. The Balaban J connectivity index is 2.04. The van der Waals surface area contributed by atoms with Crippen LogP contribution >= 0.6 is 0 Å². The van der Waals surface area contributed by atoms with Crippen LogP contribution in [0, 0.1) is 5.82 Å². The Bertz CT molecular complexity index is 490. The van der Waals surface area contributed by atoms with Crippen LogP contribution < -0.4 is 10.6 Å². The lowest BCUT2D eigenvalue weighted by molar-refractivity contribution is -0.123. The largest absolute Gasteiger partial charge is 0.383 e. The van der Waals surface area contributed by atoms with E-state index in [1.807, 2.05) is 6.07 Å². The van der Waals surface area contributed by atoms with Crippen LogP contribution in [0.2, 0.25) is 0 Å². The predicted molar refractivity (Wildman–Crippen MR) is 81.0 cm³/mol. The first kappa shape index (κ1) is 16.9. The number of nitrogens with one attached hydrogen (secondary N) is 2. The third-order valence-corrected chi connectivity index (χ3v) is 3.87. The van der Waals surface area contributed by atoms with Gasteiger partial charge in [-0.05, 0) is 30.5 Å². The van der Waals surface area contributed by atoms with E-state index in [1.54, 1.807) is 13.2 Å². The third kappa shape index (κ3) is 4.50. The minimum absolute atomic E-state index is 0.109. The Morgan fingerprint density at radius 2 is 2.18 bits per heavy atom. The molecule has 0 bridgehead atoms. The van der Waals surface area contributed by atoms with Crippen LogP contribution in [-0.4, -0.2) is 45.9 Å². The van der Waals surface area contributed by atoms with Gasteiger partial charge in [-0.25, -0.2) is 4.39 Å². The van der Waals surface area contributed by atoms with Gasteiger partial charge in [-0.3, -0.25) is 4.79 Å². The Kier molecular flexibility index (Phi) is 6.30. The predicted octanol–water partition coefficient (Wildman–Crippen LogP) is 1.18. The number of hydrogen-bond acceptors (Lipinski definition) is 4. The van der Waals surface area contributed by atoms with Gasteiger partial charge in [-0.1, -0.05) is 12.1 Å². The normalized spacial score (nSPS) is 17.2. The summed E-state index contributed by atoms with van der Waals surface area (Å²) >= 11 is 0. The zero-order valence-electron chi connectivity index (χ0n) is 12.9. The molecule has 2 rings (SSSR count). The lowest BCUT2D eigenvalue weighted by Crippen LogP contribution is -2.51. The number of rotatable bonds is 7. The molecule has 0 atom stereocenters. The van der Waals surface area contributed by atoms with Crippen LogP contribution in [0.15, 0.2) is 24.3 Å². The maximum atomic E-state index is 13.5. The molecule has 1 heterocycles. The van der Waals surface area contributed by atoms with Crippen molar-refractivity contribution in [3.05, 3.63) is 35.6 Å². The molecule has 0 unspecified atom stereocenters. The minimum Gasteiger partial charge on any atom is -0.383 e. The molecule has 1 aliphatic rings. The highest BCUT2D eigenvalue weighted by Gasteiger charge is 2.36. The van der Waals surface area contributed by atoms with Crippen LogP contribution in [0.4, 0.5) is 4.39 Å². The van der Waals surface area contributed by atoms with E-state index in [0.717, 1.165) is 5.56 Å². The minimum atomic E-state index is -0.555. The molecule has 1 fully saturated rings. The van der Waals surface area contributed by atoms with E-state index in [0.29, 0.717) is 39.2 Å². The molecule has 2 N–H and O–H groups in total. The summed E-state index contributed by atoms with van der Waals surface area (Å²) in [5.41, 5.74) is 0.237. The van der Waals surface area contributed by atoms with Crippen molar-refractivity contribution in [3.63, 3.8) is 0 Å².